The van der Waals surface area contributed by atoms with Crippen molar-refractivity contribution in [2.24, 2.45) is 0 Å². The number of pyridine rings is 1. The Morgan fingerprint density at radius 1 is 1.11 bits per heavy atom. The molecule has 2 aromatic heterocycles. The van der Waals surface area contributed by atoms with Crippen LogP contribution in [0.1, 0.15) is 12.5 Å². The Hall–Kier alpha value is -4.40. The van der Waals surface area contributed by atoms with Gasteiger partial charge in [0.25, 0.3) is 0 Å². The van der Waals surface area contributed by atoms with Gasteiger partial charge in [0.05, 0.1) is 17.2 Å². The van der Waals surface area contributed by atoms with Gasteiger partial charge in [0.15, 0.2) is 0 Å². The lowest BCUT2D eigenvalue weighted by Gasteiger charge is -2.15. The fourth-order valence-corrected chi connectivity index (χ4v) is 4.47. The highest BCUT2D eigenvalue weighted by molar-refractivity contribution is 5.88. The SMILES string of the molecule is Nc1nccc2c1n(-c1ccc(Oc3ccccc3)cc1)c(=O)n2[C@H]1CCN(C(=O)/C=C/CF)C1. The molecule has 0 unspecified atom stereocenters. The highest BCUT2D eigenvalue weighted by atomic mass is 19.1. The van der Waals surface area contributed by atoms with Crippen molar-refractivity contribution in [3.05, 3.63) is 89.5 Å². The molecule has 0 aliphatic carbocycles. The van der Waals surface area contributed by atoms with Crippen molar-refractivity contribution in [2.75, 3.05) is 25.5 Å². The molecule has 5 rings (SSSR count). The first-order valence-electron chi connectivity index (χ1n) is 11.3. The first kappa shape index (κ1) is 22.4. The number of amides is 1. The van der Waals surface area contributed by atoms with E-state index in [2.05, 4.69) is 4.98 Å². The van der Waals surface area contributed by atoms with Crippen LogP contribution < -0.4 is 16.2 Å². The third-order valence-electron chi connectivity index (χ3n) is 6.08. The second kappa shape index (κ2) is 9.46. The number of carbonyl (C=O) groups is 1. The first-order valence-corrected chi connectivity index (χ1v) is 11.3. The fourth-order valence-electron chi connectivity index (χ4n) is 4.47. The summed E-state index contributed by atoms with van der Waals surface area (Å²) in [5, 5.41) is 0. The number of benzene rings is 2. The van der Waals surface area contributed by atoms with Crippen molar-refractivity contribution in [1.29, 1.82) is 0 Å². The van der Waals surface area contributed by atoms with Crippen molar-refractivity contribution in [2.45, 2.75) is 12.5 Å². The molecule has 0 bridgehead atoms. The summed E-state index contributed by atoms with van der Waals surface area (Å²) in [7, 11) is 0. The van der Waals surface area contributed by atoms with Crippen molar-refractivity contribution < 1.29 is 13.9 Å². The Labute approximate surface area is 200 Å². The largest absolute Gasteiger partial charge is 0.457 e. The van der Waals surface area contributed by atoms with E-state index in [4.69, 9.17) is 10.5 Å². The van der Waals surface area contributed by atoms with E-state index < -0.39 is 6.67 Å². The minimum atomic E-state index is -0.697. The van der Waals surface area contributed by atoms with Crippen LogP contribution in [0.4, 0.5) is 10.2 Å². The van der Waals surface area contributed by atoms with Gasteiger partial charge in [0, 0.05) is 25.4 Å². The van der Waals surface area contributed by atoms with Crippen LogP contribution in [0.3, 0.4) is 0 Å². The number of para-hydroxylation sites is 1. The fraction of sp³-hybridized carbons (Fsp3) is 0.192. The van der Waals surface area contributed by atoms with Gasteiger partial charge in [-0.05, 0) is 55.0 Å². The molecule has 2 N–H and O–H groups in total. The maximum Gasteiger partial charge on any atom is 0.334 e. The number of fused-ring (bicyclic) bond motifs is 1. The van der Waals surface area contributed by atoms with Crippen molar-refractivity contribution >= 4 is 22.8 Å². The number of halogens is 1. The summed E-state index contributed by atoms with van der Waals surface area (Å²) in [5.41, 5.74) is 7.73. The van der Waals surface area contributed by atoms with Gasteiger partial charge in [-0.25, -0.2) is 14.2 Å². The molecule has 1 aliphatic heterocycles. The molecular weight excluding hydrogens is 449 g/mol. The van der Waals surface area contributed by atoms with Crippen LogP contribution in [0.2, 0.25) is 0 Å². The number of nitrogens with zero attached hydrogens (tertiary/aromatic N) is 4. The molecule has 2 aromatic carbocycles. The number of nitrogen functional groups attached to an aromatic ring is 1. The molecule has 35 heavy (non-hydrogen) atoms. The number of allylic oxidation sites excluding steroid dienone is 1. The van der Waals surface area contributed by atoms with Crippen LogP contribution >= 0.6 is 0 Å². The number of imidazole rings is 1. The van der Waals surface area contributed by atoms with Gasteiger partial charge in [-0.2, -0.15) is 0 Å². The number of likely N-dealkylation sites (tertiary alicyclic amines) is 1. The second-order valence-electron chi connectivity index (χ2n) is 8.24. The molecule has 0 radical (unpaired) electrons. The average Bonchev–Trinajstić information content (AvgIpc) is 3.47. The normalized spacial score (nSPS) is 15.8. The number of hydrogen-bond donors (Lipinski definition) is 1. The first-order chi connectivity index (χ1) is 17.1. The summed E-state index contributed by atoms with van der Waals surface area (Å²) in [6.45, 7) is 0.128. The number of alkyl halides is 1. The Morgan fingerprint density at radius 2 is 1.86 bits per heavy atom. The van der Waals surface area contributed by atoms with Crippen LogP contribution in [0.5, 0.6) is 11.5 Å². The highest BCUT2D eigenvalue weighted by Crippen LogP contribution is 2.29. The van der Waals surface area contributed by atoms with Crippen LogP contribution in [-0.4, -0.2) is 44.7 Å². The molecule has 8 nitrogen and oxygen atoms in total. The summed E-state index contributed by atoms with van der Waals surface area (Å²) < 4.78 is 21.5. The van der Waals surface area contributed by atoms with E-state index in [1.807, 2.05) is 30.3 Å². The van der Waals surface area contributed by atoms with E-state index >= 15 is 0 Å². The van der Waals surface area contributed by atoms with Crippen molar-refractivity contribution in [1.82, 2.24) is 19.0 Å². The Balaban J connectivity index is 1.51. The molecule has 0 spiro atoms. The standard InChI is InChI=1S/C26H24FN5O3/c27-14-4-7-23(33)30-16-13-19(17-30)31-22-12-15-29-25(28)24(22)32(26(31)34)18-8-10-21(11-9-18)35-20-5-2-1-3-6-20/h1-12,15,19H,13-14,16-17H2,(H2,28,29)/b7-4+/t19-/m0/s1. The number of aromatic nitrogens is 3. The number of ether oxygens (including phenoxy) is 1. The monoisotopic (exact) mass is 473 g/mol. The molecular formula is C26H24FN5O3. The smallest absolute Gasteiger partial charge is 0.334 e. The van der Waals surface area contributed by atoms with Gasteiger partial charge in [-0.1, -0.05) is 18.2 Å². The summed E-state index contributed by atoms with van der Waals surface area (Å²) in [5.74, 6) is 1.31. The summed E-state index contributed by atoms with van der Waals surface area (Å²) in [6.07, 6.45) is 4.58. The van der Waals surface area contributed by atoms with E-state index in [0.29, 0.717) is 47.7 Å². The Morgan fingerprint density at radius 3 is 2.60 bits per heavy atom. The Kier molecular flexibility index (Phi) is 6.05. The number of nitrogens with two attached hydrogens (primary N) is 1. The van der Waals surface area contributed by atoms with E-state index in [-0.39, 0.29) is 23.5 Å². The topological polar surface area (TPSA) is 95.4 Å². The molecule has 3 heterocycles. The zero-order valence-electron chi connectivity index (χ0n) is 18.9. The minimum Gasteiger partial charge on any atom is -0.457 e. The number of hydrogen-bond acceptors (Lipinski definition) is 5. The molecule has 1 atom stereocenters. The van der Waals surface area contributed by atoms with Crippen LogP contribution in [0.15, 0.2) is 83.8 Å². The van der Waals surface area contributed by atoms with Crippen LogP contribution in [0, 0.1) is 0 Å². The summed E-state index contributed by atoms with van der Waals surface area (Å²) in [4.78, 5) is 31.8. The zero-order valence-corrected chi connectivity index (χ0v) is 18.9. The zero-order chi connectivity index (χ0) is 24.4. The van der Waals surface area contributed by atoms with Gasteiger partial charge >= 0.3 is 5.69 Å². The molecule has 0 saturated carbocycles. The summed E-state index contributed by atoms with van der Waals surface area (Å²) >= 11 is 0. The van der Waals surface area contributed by atoms with Crippen molar-refractivity contribution in [3.8, 4) is 17.2 Å². The molecule has 1 fully saturated rings. The highest BCUT2D eigenvalue weighted by Gasteiger charge is 2.30. The maximum absolute atomic E-state index is 13.7. The van der Waals surface area contributed by atoms with E-state index in [9.17, 15) is 14.0 Å². The molecule has 1 amide bonds. The van der Waals surface area contributed by atoms with Gasteiger partial charge in [-0.15, -0.1) is 0 Å². The van der Waals surface area contributed by atoms with Gasteiger partial charge in [0.1, 0.15) is 29.5 Å². The van der Waals surface area contributed by atoms with E-state index in [1.165, 1.54) is 16.7 Å². The molecule has 9 heteroatoms. The predicted molar refractivity (Wildman–Crippen MR) is 132 cm³/mol. The number of anilines is 1. The van der Waals surface area contributed by atoms with E-state index in [1.54, 1.807) is 46.0 Å². The molecule has 1 aliphatic rings. The number of carbonyl (C=O) groups excluding carboxylic acids is 1. The number of rotatable bonds is 6. The molecule has 4 aromatic rings. The summed E-state index contributed by atoms with van der Waals surface area (Å²) in [6, 6.07) is 18.1. The second-order valence-corrected chi connectivity index (χ2v) is 8.24. The van der Waals surface area contributed by atoms with Crippen LogP contribution in [0.25, 0.3) is 16.7 Å². The predicted octanol–water partition coefficient (Wildman–Crippen LogP) is 3.86. The third kappa shape index (κ3) is 4.28. The molecule has 178 valence electrons. The van der Waals surface area contributed by atoms with Gasteiger partial charge < -0.3 is 15.4 Å². The lowest BCUT2D eigenvalue weighted by atomic mass is 10.2. The van der Waals surface area contributed by atoms with Crippen LogP contribution in [-0.2, 0) is 4.79 Å². The lowest BCUT2D eigenvalue weighted by molar-refractivity contribution is -0.125. The minimum absolute atomic E-state index is 0.236. The average molecular weight is 474 g/mol. The van der Waals surface area contributed by atoms with Crippen molar-refractivity contribution in [3.63, 3.8) is 0 Å². The third-order valence-corrected chi connectivity index (χ3v) is 6.08. The Bertz CT molecular complexity index is 1440. The maximum atomic E-state index is 13.7. The van der Waals surface area contributed by atoms with Gasteiger partial charge in [-0.3, -0.25) is 13.9 Å². The lowest BCUT2D eigenvalue weighted by Crippen LogP contribution is -2.31. The van der Waals surface area contributed by atoms with Gasteiger partial charge in [0.2, 0.25) is 5.91 Å². The van der Waals surface area contributed by atoms with E-state index in [0.717, 1.165) is 0 Å². The quantitative estimate of drug-likeness (QED) is 0.429. The molecule has 1 saturated heterocycles.